The van der Waals surface area contributed by atoms with Gasteiger partial charge in [0.1, 0.15) is 0 Å². The molecular formula is C52H38. The quantitative estimate of drug-likeness (QED) is 0.165. The predicted octanol–water partition coefficient (Wildman–Crippen LogP) is 15.1. The molecule has 0 bridgehead atoms. The molecule has 0 saturated heterocycles. The lowest BCUT2D eigenvalue weighted by molar-refractivity contribution is 1.50. The van der Waals surface area contributed by atoms with Crippen molar-refractivity contribution in [2.75, 3.05) is 0 Å². The molecule has 0 spiro atoms. The minimum atomic E-state index is 1.22. The molecule has 0 N–H and O–H groups in total. The molecule has 0 amide bonds. The molecule has 0 aliphatic rings. The molecule has 246 valence electrons. The smallest absolute Gasteiger partial charge is 0.00262 e. The summed E-state index contributed by atoms with van der Waals surface area (Å²) in [5.41, 5.74) is 10.1. The maximum atomic E-state index is 2.34. The van der Waals surface area contributed by atoms with Gasteiger partial charge in [-0.15, -0.1) is 0 Å². The van der Waals surface area contributed by atoms with Crippen molar-refractivity contribution in [1.82, 2.24) is 0 Å². The molecule has 0 aliphatic carbocycles. The van der Waals surface area contributed by atoms with E-state index in [1.807, 2.05) is 13.8 Å². The lowest BCUT2D eigenvalue weighted by atomic mass is 9.84. The average Bonchev–Trinajstić information content (AvgIpc) is 3.23. The second kappa shape index (κ2) is 13.3. The van der Waals surface area contributed by atoms with Gasteiger partial charge in [-0.25, -0.2) is 0 Å². The second-order valence-corrected chi connectivity index (χ2v) is 13.2. The van der Waals surface area contributed by atoms with Crippen LogP contribution in [0.3, 0.4) is 0 Å². The summed E-state index contributed by atoms with van der Waals surface area (Å²) in [6.45, 7) is 4.00. The Hall–Kier alpha value is -6.50. The van der Waals surface area contributed by atoms with Crippen molar-refractivity contribution in [2.45, 2.75) is 13.8 Å². The molecule has 10 aromatic carbocycles. The first kappa shape index (κ1) is 31.5. The van der Waals surface area contributed by atoms with Crippen LogP contribution in [0.4, 0.5) is 0 Å². The maximum Gasteiger partial charge on any atom is -0.00262 e. The Morgan fingerprint density at radius 1 is 0.212 bits per heavy atom. The van der Waals surface area contributed by atoms with Gasteiger partial charge in [-0.2, -0.15) is 0 Å². The highest BCUT2D eigenvalue weighted by Crippen LogP contribution is 2.46. The zero-order valence-corrected chi connectivity index (χ0v) is 29.5. The number of hydrogen-bond donors (Lipinski definition) is 0. The topological polar surface area (TPSA) is 0 Å². The third-order valence-corrected chi connectivity index (χ3v) is 10.4. The molecule has 0 nitrogen and oxygen atoms in total. The Labute approximate surface area is 305 Å². The molecule has 0 radical (unpaired) electrons. The van der Waals surface area contributed by atoms with Gasteiger partial charge >= 0.3 is 0 Å². The number of hydrogen-bond acceptors (Lipinski definition) is 0. The molecule has 0 fully saturated rings. The van der Waals surface area contributed by atoms with E-state index in [1.54, 1.807) is 0 Å². The van der Waals surface area contributed by atoms with Gasteiger partial charge < -0.3 is 0 Å². The van der Waals surface area contributed by atoms with Crippen LogP contribution in [0.25, 0.3) is 98.4 Å². The predicted molar refractivity (Wildman–Crippen MR) is 227 cm³/mol. The van der Waals surface area contributed by atoms with Crippen molar-refractivity contribution < 1.29 is 0 Å². The Morgan fingerprint density at radius 2 is 0.481 bits per heavy atom. The zero-order chi connectivity index (χ0) is 35.0. The Kier molecular flexibility index (Phi) is 8.07. The number of benzene rings is 10. The minimum Gasteiger partial charge on any atom is -0.0683 e. The van der Waals surface area contributed by atoms with Crippen molar-refractivity contribution in [3.05, 3.63) is 194 Å². The third kappa shape index (κ3) is 5.15. The van der Waals surface area contributed by atoms with Crippen molar-refractivity contribution in [1.29, 1.82) is 0 Å². The molecule has 0 unspecified atom stereocenters. The summed E-state index contributed by atoms with van der Waals surface area (Å²) in [5.74, 6) is 0. The normalized spacial score (nSPS) is 11.3. The van der Waals surface area contributed by atoms with Gasteiger partial charge in [-0.1, -0.05) is 202 Å². The van der Waals surface area contributed by atoms with Crippen LogP contribution in [0.1, 0.15) is 13.8 Å². The van der Waals surface area contributed by atoms with Crippen LogP contribution in [0.15, 0.2) is 194 Å². The molecule has 0 heteroatoms. The summed E-state index contributed by atoms with van der Waals surface area (Å²) in [5, 5.41) is 12.7. The summed E-state index contributed by atoms with van der Waals surface area (Å²) in [6, 6.07) is 71.2. The van der Waals surface area contributed by atoms with E-state index in [0.717, 1.165) is 0 Å². The van der Waals surface area contributed by atoms with Gasteiger partial charge in [-0.05, 0) is 104 Å². The van der Waals surface area contributed by atoms with Crippen LogP contribution in [0.5, 0.6) is 0 Å². The molecule has 52 heavy (non-hydrogen) atoms. The lowest BCUT2D eigenvalue weighted by Crippen LogP contribution is -1.92. The molecule has 10 aromatic rings. The molecule has 0 aromatic heterocycles. The van der Waals surface area contributed by atoms with E-state index in [4.69, 9.17) is 0 Å². The van der Waals surface area contributed by atoms with Crippen molar-refractivity contribution in [2.24, 2.45) is 0 Å². The van der Waals surface area contributed by atoms with E-state index >= 15 is 0 Å². The van der Waals surface area contributed by atoms with Gasteiger partial charge in [0.2, 0.25) is 0 Å². The SMILES string of the molecule is CC.c1ccc(-c2c3ccccc3c(-c3ccc(-c4c5ccccc5c(-c5ccc6ccccc6c5)c5ccccc45)cc3)c3ccccc23)cc1. The van der Waals surface area contributed by atoms with Crippen molar-refractivity contribution in [3.63, 3.8) is 0 Å². The van der Waals surface area contributed by atoms with Crippen molar-refractivity contribution >= 4 is 53.9 Å². The molecule has 10 rings (SSSR count). The van der Waals surface area contributed by atoms with Crippen LogP contribution < -0.4 is 0 Å². The average molecular weight is 663 g/mol. The molecule has 0 atom stereocenters. The van der Waals surface area contributed by atoms with Gasteiger partial charge in [0, 0.05) is 0 Å². The highest BCUT2D eigenvalue weighted by molar-refractivity contribution is 6.23. The molecular weight excluding hydrogens is 625 g/mol. The Morgan fingerprint density at radius 3 is 0.865 bits per heavy atom. The van der Waals surface area contributed by atoms with Crippen LogP contribution in [0, 0.1) is 0 Å². The monoisotopic (exact) mass is 662 g/mol. The Bertz CT molecular complexity index is 2780. The van der Waals surface area contributed by atoms with E-state index in [9.17, 15) is 0 Å². The molecule has 0 saturated carbocycles. The van der Waals surface area contributed by atoms with Gasteiger partial charge in [0.05, 0.1) is 0 Å². The summed E-state index contributed by atoms with van der Waals surface area (Å²) < 4.78 is 0. The van der Waals surface area contributed by atoms with Gasteiger partial charge in [0.15, 0.2) is 0 Å². The van der Waals surface area contributed by atoms with Crippen LogP contribution >= 0.6 is 0 Å². The largest absolute Gasteiger partial charge is 0.0683 e. The lowest BCUT2D eigenvalue weighted by Gasteiger charge is -2.19. The van der Waals surface area contributed by atoms with Crippen LogP contribution in [-0.2, 0) is 0 Å². The van der Waals surface area contributed by atoms with Crippen molar-refractivity contribution in [3.8, 4) is 44.5 Å². The summed E-state index contributed by atoms with van der Waals surface area (Å²) in [4.78, 5) is 0. The molecule has 0 aliphatic heterocycles. The number of fused-ring (bicyclic) bond motifs is 5. The first-order valence-corrected chi connectivity index (χ1v) is 18.4. The minimum absolute atomic E-state index is 1.22. The fourth-order valence-corrected chi connectivity index (χ4v) is 8.25. The highest BCUT2D eigenvalue weighted by Gasteiger charge is 2.19. The van der Waals surface area contributed by atoms with E-state index in [0.29, 0.717) is 0 Å². The van der Waals surface area contributed by atoms with E-state index in [1.165, 1.54) is 98.4 Å². The fraction of sp³-hybridized carbons (Fsp3) is 0.0385. The van der Waals surface area contributed by atoms with Gasteiger partial charge in [0.25, 0.3) is 0 Å². The maximum absolute atomic E-state index is 2.34. The highest BCUT2D eigenvalue weighted by atomic mass is 14.2. The van der Waals surface area contributed by atoms with Crippen LogP contribution in [-0.4, -0.2) is 0 Å². The fourth-order valence-electron chi connectivity index (χ4n) is 8.25. The summed E-state index contributed by atoms with van der Waals surface area (Å²) in [7, 11) is 0. The zero-order valence-electron chi connectivity index (χ0n) is 29.5. The molecule has 0 heterocycles. The standard InChI is InChI=1S/C50H32.C2H6/c1-2-15-34(16-3-1)47-39-18-6-8-20-41(39)48(42-21-9-7-19-40(42)47)35-27-29-36(30-28-35)49-43-22-10-12-24-45(43)50(46-25-13-11-23-44(46)49)38-31-26-33-14-4-5-17-37(33)32-38;1-2/h1-32H;1-2H3. The van der Waals surface area contributed by atoms with E-state index in [2.05, 4.69) is 194 Å². The summed E-state index contributed by atoms with van der Waals surface area (Å²) >= 11 is 0. The first-order valence-electron chi connectivity index (χ1n) is 18.4. The second-order valence-electron chi connectivity index (χ2n) is 13.2. The van der Waals surface area contributed by atoms with E-state index < -0.39 is 0 Å². The van der Waals surface area contributed by atoms with Gasteiger partial charge in [-0.3, -0.25) is 0 Å². The third-order valence-electron chi connectivity index (χ3n) is 10.4. The summed E-state index contributed by atoms with van der Waals surface area (Å²) in [6.07, 6.45) is 0. The van der Waals surface area contributed by atoms with E-state index in [-0.39, 0.29) is 0 Å². The van der Waals surface area contributed by atoms with Crippen LogP contribution in [0.2, 0.25) is 0 Å². The number of rotatable bonds is 4. The first-order chi connectivity index (χ1) is 25.8. The Balaban J connectivity index is 0.00000177.